The van der Waals surface area contributed by atoms with Crippen molar-refractivity contribution in [3.05, 3.63) is 30.3 Å². The SMILES string of the molecule is Nc1nc2ccc(-c3ccc4nn[nH]c4c3)c(NC3CCCNC3)n2n1. The number of nitrogens with one attached hydrogen (secondary N) is 3. The highest BCUT2D eigenvalue weighted by atomic mass is 15.4. The van der Waals surface area contributed by atoms with E-state index >= 15 is 0 Å². The average molecular weight is 349 g/mol. The molecular weight excluding hydrogens is 330 g/mol. The van der Waals surface area contributed by atoms with E-state index in [1.165, 1.54) is 0 Å². The summed E-state index contributed by atoms with van der Waals surface area (Å²) >= 11 is 0. The molecule has 26 heavy (non-hydrogen) atoms. The van der Waals surface area contributed by atoms with E-state index in [1.807, 2.05) is 30.3 Å². The smallest absolute Gasteiger partial charge is 0.240 e. The first kappa shape index (κ1) is 15.1. The van der Waals surface area contributed by atoms with Gasteiger partial charge in [0.1, 0.15) is 11.3 Å². The lowest BCUT2D eigenvalue weighted by Crippen LogP contribution is -2.39. The standard InChI is InChI=1S/C17H19N9/c18-17-21-15-6-4-12(10-3-5-13-14(8-10)23-25-22-13)16(26(15)24-17)20-11-2-1-7-19-9-11/h3-6,8,11,19-20H,1-2,7,9H2,(H2,18,24)(H,22,23,25). The fraction of sp³-hybridized carbons (Fsp3) is 0.294. The molecule has 0 spiro atoms. The maximum absolute atomic E-state index is 5.84. The second kappa shape index (κ2) is 5.95. The van der Waals surface area contributed by atoms with Gasteiger partial charge in [0, 0.05) is 18.2 Å². The van der Waals surface area contributed by atoms with Gasteiger partial charge in [-0.2, -0.15) is 9.50 Å². The molecular formula is C17H19N9. The minimum absolute atomic E-state index is 0.264. The van der Waals surface area contributed by atoms with Gasteiger partial charge in [0.25, 0.3) is 0 Å². The average Bonchev–Trinajstić information content (AvgIpc) is 3.28. The van der Waals surface area contributed by atoms with Crippen LogP contribution in [0.3, 0.4) is 0 Å². The molecule has 4 aromatic rings. The zero-order valence-electron chi connectivity index (χ0n) is 14.1. The summed E-state index contributed by atoms with van der Waals surface area (Å²) in [4.78, 5) is 4.29. The first-order chi connectivity index (χ1) is 12.8. The number of aromatic amines is 1. The number of nitrogens with zero attached hydrogens (tertiary/aromatic N) is 5. The molecule has 1 fully saturated rings. The molecule has 0 radical (unpaired) electrons. The third kappa shape index (κ3) is 2.53. The number of benzene rings is 1. The van der Waals surface area contributed by atoms with Crippen molar-refractivity contribution in [2.45, 2.75) is 18.9 Å². The molecule has 5 N–H and O–H groups in total. The van der Waals surface area contributed by atoms with Crippen LogP contribution >= 0.6 is 0 Å². The van der Waals surface area contributed by atoms with Gasteiger partial charge in [0.05, 0.1) is 5.52 Å². The van der Waals surface area contributed by atoms with E-state index in [2.05, 4.69) is 36.1 Å². The molecule has 5 rings (SSSR count). The number of rotatable bonds is 3. The van der Waals surface area contributed by atoms with Gasteiger partial charge < -0.3 is 16.4 Å². The van der Waals surface area contributed by atoms with Crippen LogP contribution < -0.4 is 16.4 Å². The number of fused-ring (bicyclic) bond motifs is 2. The van der Waals surface area contributed by atoms with Gasteiger partial charge in [-0.25, -0.2) is 0 Å². The Kier molecular flexibility index (Phi) is 3.45. The Morgan fingerprint density at radius 2 is 2.19 bits per heavy atom. The van der Waals surface area contributed by atoms with Crippen LogP contribution in [0.5, 0.6) is 0 Å². The lowest BCUT2D eigenvalue weighted by Gasteiger charge is -2.26. The van der Waals surface area contributed by atoms with Gasteiger partial charge in [0.15, 0.2) is 5.65 Å². The molecule has 9 heteroatoms. The fourth-order valence-corrected chi connectivity index (χ4v) is 3.52. The Bertz CT molecular complexity index is 1070. The van der Waals surface area contributed by atoms with Crippen LogP contribution in [0, 0.1) is 0 Å². The highest BCUT2D eigenvalue weighted by Crippen LogP contribution is 2.31. The molecule has 132 valence electrons. The van der Waals surface area contributed by atoms with Crippen LogP contribution in [0.25, 0.3) is 27.8 Å². The number of H-pyrrole nitrogens is 1. The zero-order chi connectivity index (χ0) is 17.5. The van der Waals surface area contributed by atoms with Crippen LogP contribution in [-0.2, 0) is 0 Å². The van der Waals surface area contributed by atoms with Crippen molar-refractivity contribution < 1.29 is 0 Å². The lowest BCUT2D eigenvalue weighted by molar-refractivity contribution is 0.478. The van der Waals surface area contributed by atoms with E-state index in [0.717, 1.165) is 59.6 Å². The number of nitrogen functional groups attached to an aromatic ring is 1. The van der Waals surface area contributed by atoms with Gasteiger partial charge in [-0.15, -0.1) is 10.2 Å². The first-order valence-corrected chi connectivity index (χ1v) is 8.71. The fourth-order valence-electron chi connectivity index (χ4n) is 3.52. The van der Waals surface area contributed by atoms with Crippen LogP contribution in [0.1, 0.15) is 12.8 Å². The number of nitrogens with two attached hydrogens (primary N) is 1. The maximum Gasteiger partial charge on any atom is 0.240 e. The molecule has 0 bridgehead atoms. The molecule has 0 aliphatic carbocycles. The highest BCUT2D eigenvalue weighted by Gasteiger charge is 2.19. The molecule has 1 aliphatic heterocycles. The molecule has 1 atom stereocenters. The summed E-state index contributed by atoms with van der Waals surface area (Å²) in [6.45, 7) is 1.98. The zero-order valence-corrected chi connectivity index (χ0v) is 14.1. The number of pyridine rings is 1. The molecule has 0 saturated carbocycles. The molecule has 0 amide bonds. The third-order valence-electron chi connectivity index (χ3n) is 4.79. The van der Waals surface area contributed by atoms with Gasteiger partial charge >= 0.3 is 0 Å². The van der Waals surface area contributed by atoms with Crippen molar-refractivity contribution in [2.24, 2.45) is 0 Å². The second-order valence-electron chi connectivity index (χ2n) is 6.57. The van der Waals surface area contributed by atoms with E-state index < -0.39 is 0 Å². The quantitative estimate of drug-likeness (QED) is 0.441. The van der Waals surface area contributed by atoms with Gasteiger partial charge in [-0.1, -0.05) is 11.3 Å². The van der Waals surface area contributed by atoms with Crippen molar-refractivity contribution in [3.63, 3.8) is 0 Å². The topological polar surface area (TPSA) is 122 Å². The summed E-state index contributed by atoms with van der Waals surface area (Å²) in [6.07, 6.45) is 2.25. The van der Waals surface area contributed by atoms with Crippen molar-refractivity contribution in [2.75, 3.05) is 24.1 Å². The number of anilines is 2. The van der Waals surface area contributed by atoms with Crippen molar-refractivity contribution in [3.8, 4) is 11.1 Å². The Hall–Kier alpha value is -3.20. The van der Waals surface area contributed by atoms with E-state index in [4.69, 9.17) is 5.73 Å². The van der Waals surface area contributed by atoms with Crippen molar-refractivity contribution >= 4 is 28.4 Å². The lowest BCUT2D eigenvalue weighted by atomic mass is 10.0. The Labute approximate surface area is 149 Å². The summed E-state index contributed by atoms with van der Waals surface area (Å²) in [5.74, 6) is 1.16. The van der Waals surface area contributed by atoms with E-state index in [0.29, 0.717) is 6.04 Å². The molecule has 1 aromatic carbocycles. The Morgan fingerprint density at radius 3 is 3.08 bits per heavy atom. The summed E-state index contributed by atoms with van der Waals surface area (Å²) in [5.41, 5.74) is 10.4. The van der Waals surface area contributed by atoms with E-state index in [1.54, 1.807) is 4.52 Å². The third-order valence-corrected chi connectivity index (χ3v) is 4.79. The van der Waals surface area contributed by atoms with Gasteiger partial charge in [-0.3, -0.25) is 5.10 Å². The summed E-state index contributed by atoms with van der Waals surface area (Å²) in [5, 5.41) is 22.3. The summed E-state index contributed by atoms with van der Waals surface area (Å²) in [6, 6.07) is 10.3. The van der Waals surface area contributed by atoms with Crippen LogP contribution in [0.2, 0.25) is 0 Å². The predicted octanol–water partition coefficient (Wildman–Crippen LogP) is 1.41. The minimum Gasteiger partial charge on any atom is -0.366 e. The van der Waals surface area contributed by atoms with E-state index in [-0.39, 0.29) is 5.95 Å². The van der Waals surface area contributed by atoms with Gasteiger partial charge in [0.2, 0.25) is 5.95 Å². The van der Waals surface area contributed by atoms with Gasteiger partial charge in [-0.05, 0) is 49.2 Å². The summed E-state index contributed by atoms with van der Waals surface area (Å²) in [7, 11) is 0. The number of aromatic nitrogens is 6. The van der Waals surface area contributed by atoms with Crippen molar-refractivity contribution in [1.29, 1.82) is 0 Å². The van der Waals surface area contributed by atoms with Crippen LogP contribution in [0.4, 0.5) is 11.8 Å². The van der Waals surface area contributed by atoms with Crippen molar-refractivity contribution in [1.82, 2.24) is 35.3 Å². The second-order valence-corrected chi connectivity index (χ2v) is 6.57. The first-order valence-electron chi connectivity index (χ1n) is 8.71. The minimum atomic E-state index is 0.264. The predicted molar refractivity (Wildman–Crippen MR) is 99.8 cm³/mol. The maximum atomic E-state index is 5.84. The number of hydrogen-bond acceptors (Lipinski definition) is 7. The monoisotopic (exact) mass is 349 g/mol. The molecule has 4 heterocycles. The molecule has 1 unspecified atom stereocenters. The molecule has 1 aliphatic rings. The summed E-state index contributed by atoms with van der Waals surface area (Å²) < 4.78 is 1.79. The van der Waals surface area contributed by atoms with Crippen LogP contribution in [-0.4, -0.2) is 49.1 Å². The Morgan fingerprint density at radius 1 is 1.23 bits per heavy atom. The molecule has 9 nitrogen and oxygen atoms in total. The molecule has 1 saturated heterocycles. The normalized spacial score (nSPS) is 17.8. The molecule has 3 aromatic heterocycles. The number of hydrogen-bond donors (Lipinski definition) is 4. The largest absolute Gasteiger partial charge is 0.366 e. The Balaban J connectivity index is 1.66. The number of piperidine rings is 1. The highest BCUT2D eigenvalue weighted by molar-refractivity contribution is 5.85. The van der Waals surface area contributed by atoms with E-state index in [9.17, 15) is 0 Å². The van der Waals surface area contributed by atoms with Crippen LogP contribution in [0.15, 0.2) is 30.3 Å².